The highest BCUT2D eigenvalue weighted by Crippen LogP contribution is 2.57. The van der Waals surface area contributed by atoms with Crippen molar-refractivity contribution in [2.24, 2.45) is 34.5 Å². The Balaban J connectivity index is 1.42. The Labute approximate surface area is 269 Å². The Morgan fingerprint density at radius 2 is 1.74 bits per heavy atom. The van der Waals surface area contributed by atoms with Crippen LogP contribution in [-0.4, -0.2) is 70.3 Å². The SMILES string of the molecule is CN(C)[C@@H]1C(=O)C(C(N)=O)C(=O)[C@@]2(C#N)C(=O)C3C(=O)c4c(O)ccc(-c5ccc(CNCc6ccccc6)o5)c4C[C@@]3(N)C[C@@]12N. The number of hydrogen-bond donors (Lipinski definition) is 5. The maximum atomic E-state index is 14.5. The molecule has 6 rings (SSSR count). The largest absolute Gasteiger partial charge is 0.507 e. The van der Waals surface area contributed by atoms with Crippen LogP contribution in [0.25, 0.3) is 11.3 Å². The van der Waals surface area contributed by atoms with E-state index in [1.54, 1.807) is 24.3 Å². The number of nitrogens with one attached hydrogen (secondary N) is 1. The predicted molar refractivity (Wildman–Crippen MR) is 166 cm³/mol. The molecule has 2 fully saturated rings. The molecule has 1 amide bonds. The van der Waals surface area contributed by atoms with E-state index in [9.17, 15) is 34.3 Å². The number of ketones is 4. The van der Waals surface area contributed by atoms with E-state index in [1.165, 1.54) is 25.1 Å². The van der Waals surface area contributed by atoms with Crippen LogP contribution in [0.5, 0.6) is 5.75 Å². The lowest BCUT2D eigenvalue weighted by atomic mass is 9.42. The highest BCUT2D eigenvalue weighted by atomic mass is 16.3. The Kier molecular flexibility index (Phi) is 7.52. The Morgan fingerprint density at radius 1 is 1.04 bits per heavy atom. The predicted octanol–water partition coefficient (Wildman–Crippen LogP) is 0.358. The van der Waals surface area contributed by atoms with E-state index in [2.05, 4.69) is 5.32 Å². The number of carbonyl (C=O) groups excluding carboxylic acids is 5. The van der Waals surface area contributed by atoms with Gasteiger partial charge in [-0.05, 0) is 62.3 Å². The van der Waals surface area contributed by atoms with Crippen LogP contribution in [0.15, 0.2) is 59.0 Å². The number of likely N-dealkylation sites (N-methyl/N-ethyl adjacent to an activating group) is 1. The zero-order valence-corrected chi connectivity index (χ0v) is 25.8. The average Bonchev–Trinajstić information content (AvgIpc) is 3.45. The molecule has 0 saturated heterocycles. The van der Waals surface area contributed by atoms with Crippen LogP contribution in [0.4, 0.5) is 0 Å². The molecule has 3 aromatic rings. The van der Waals surface area contributed by atoms with Crippen molar-refractivity contribution in [2.45, 2.75) is 43.1 Å². The van der Waals surface area contributed by atoms with Gasteiger partial charge in [-0.1, -0.05) is 30.3 Å². The zero-order chi connectivity index (χ0) is 34.1. The highest BCUT2D eigenvalue weighted by molar-refractivity contribution is 6.33. The number of nitrogens with two attached hydrogens (primary N) is 3. The van der Waals surface area contributed by atoms with Gasteiger partial charge in [0.25, 0.3) is 0 Å². The summed E-state index contributed by atoms with van der Waals surface area (Å²) in [5, 5.41) is 24.8. The minimum absolute atomic E-state index is 0.196. The zero-order valence-electron chi connectivity index (χ0n) is 25.8. The van der Waals surface area contributed by atoms with Crippen LogP contribution >= 0.6 is 0 Å². The average molecular weight is 639 g/mol. The minimum Gasteiger partial charge on any atom is -0.507 e. The van der Waals surface area contributed by atoms with Crippen LogP contribution in [0.2, 0.25) is 0 Å². The van der Waals surface area contributed by atoms with Crippen molar-refractivity contribution in [3.8, 4) is 23.1 Å². The number of amides is 1. The molecule has 8 N–H and O–H groups in total. The van der Waals surface area contributed by atoms with E-state index in [0.29, 0.717) is 30.2 Å². The quantitative estimate of drug-likeness (QED) is 0.221. The Hall–Kier alpha value is -5.00. The molecular formula is C34H34N6O7. The van der Waals surface area contributed by atoms with Crippen LogP contribution in [0, 0.1) is 28.6 Å². The molecule has 3 aliphatic carbocycles. The van der Waals surface area contributed by atoms with Crippen LogP contribution < -0.4 is 22.5 Å². The van der Waals surface area contributed by atoms with Gasteiger partial charge in [-0.3, -0.25) is 28.9 Å². The fraction of sp³-hybridized carbons (Fsp3) is 0.353. The number of phenols is 1. The molecule has 2 unspecified atom stereocenters. The number of nitriles is 1. The molecule has 2 saturated carbocycles. The first-order chi connectivity index (χ1) is 22.2. The molecule has 0 aliphatic heterocycles. The van der Waals surface area contributed by atoms with Gasteiger partial charge < -0.3 is 32.0 Å². The lowest BCUT2D eigenvalue weighted by Gasteiger charge is -2.60. The van der Waals surface area contributed by atoms with Crippen molar-refractivity contribution in [3.05, 3.63) is 77.0 Å². The van der Waals surface area contributed by atoms with E-state index in [1.807, 2.05) is 30.3 Å². The second kappa shape index (κ2) is 11.1. The van der Waals surface area contributed by atoms with Crippen molar-refractivity contribution >= 4 is 29.0 Å². The van der Waals surface area contributed by atoms with Gasteiger partial charge in [-0.25, -0.2) is 0 Å². The van der Waals surface area contributed by atoms with Crippen molar-refractivity contribution in [2.75, 3.05) is 14.1 Å². The van der Waals surface area contributed by atoms with E-state index in [-0.39, 0.29) is 17.5 Å². The number of Topliss-reactive ketones (excluding diaryl/α,β-unsaturated/α-hetero) is 4. The van der Waals surface area contributed by atoms with E-state index < -0.39 is 75.6 Å². The number of hydrogen-bond acceptors (Lipinski definition) is 12. The van der Waals surface area contributed by atoms with Crippen LogP contribution in [-0.2, 0) is 38.7 Å². The molecule has 2 aromatic carbocycles. The highest BCUT2D eigenvalue weighted by Gasteiger charge is 2.78. The summed E-state index contributed by atoms with van der Waals surface area (Å²) in [4.78, 5) is 69.9. The first-order valence-electron chi connectivity index (χ1n) is 15.0. The maximum absolute atomic E-state index is 14.5. The van der Waals surface area contributed by atoms with E-state index in [4.69, 9.17) is 21.6 Å². The first-order valence-corrected chi connectivity index (χ1v) is 15.0. The maximum Gasteiger partial charge on any atom is 0.235 e. The molecular weight excluding hydrogens is 604 g/mol. The number of rotatable bonds is 7. The number of carbonyl (C=O) groups is 5. The van der Waals surface area contributed by atoms with Crippen molar-refractivity contribution in [3.63, 3.8) is 0 Å². The summed E-state index contributed by atoms with van der Waals surface area (Å²) in [5.41, 5.74) is 14.1. The summed E-state index contributed by atoms with van der Waals surface area (Å²) in [6.07, 6.45) is -0.693. The summed E-state index contributed by atoms with van der Waals surface area (Å²) in [6, 6.07) is 16.4. The smallest absolute Gasteiger partial charge is 0.235 e. The van der Waals surface area contributed by atoms with Crippen molar-refractivity contribution in [1.29, 1.82) is 5.26 Å². The fourth-order valence-corrected chi connectivity index (χ4v) is 7.98. The summed E-state index contributed by atoms with van der Waals surface area (Å²) in [5.74, 6) is -9.17. The number of aromatic hydroxyl groups is 1. The lowest BCUT2D eigenvalue weighted by molar-refractivity contribution is -0.166. The second-order valence-electron chi connectivity index (χ2n) is 13.0. The summed E-state index contributed by atoms with van der Waals surface area (Å²) < 4.78 is 6.12. The lowest BCUT2D eigenvalue weighted by Crippen LogP contribution is -2.85. The fourth-order valence-electron chi connectivity index (χ4n) is 7.98. The van der Waals surface area contributed by atoms with Crippen LogP contribution in [0.3, 0.4) is 0 Å². The third kappa shape index (κ3) is 4.48. The molecule has 242 valence electrons. The summed E-state index contributed by atoms with van der Waals surface area (Å²) in [7, 11) is 2.90. The van der Waals surface area contributed by atoms with Gasteiger partial charge in [-0.15, -0.1) is 0 Å². The van der Waals surface area contributed by atoms with Crippen LogP contribution in [0.1, 0.15) is 33.7 Å². The molecule has 13 heteroatoms. The van der Waals surface area contributed by atoms with Gasteiger partial charge in [0, 0.05) is 17.6 Å². The third-order valence-corrected chi connectivity index (χ3v) is 9.87. The topological polar surface area (TPSA) is 236 Å². The molecule has 1 heterocycles. The normalized spacial score (nSPS) is 30.0. The number of phenolic OH excluding ortho intramolecular Hbond substituents is 1. The number of benzene rings is 2. The molecule has 47 heavy (non-hydrogen) atoms. The minimum atomic E-state index is -2.80. The monoisotopic (exact) mass is 638 g/mol. The van der Waals surface area contributed by atoms with Gasteiger partial charge >= 0.3 is 0 Å². The number of fused-ring (bicyclic) bond motifs is 3. The van der Waals surface area contributed by atoms with E-state index in [0.717, 1.165) is 5.56 Å². The van der Waals surface area contributed by atoms with Gasteiger partial charge in [0.15, 0.2) is 34.5 Å². The molecule has 0 radical (unpaired) electrons. The number of primary amides is 1. The molecule has 13 nitrogen and oxygen atoms in total. The van der Waals surface area contributed by atoms with Gasteiger partial charge in [0.2, 0.25) is 5.91 Å². The molecule has 3 aliphatic rings. The number of furan rings is 1. The Morgan fingerprint density at radius 3 is 2.38 bits per heavy atom. The van der Waals surface area contributed by atoms with E-state index >= 15 is 0 Å². The summed E-state index contributed by atoms with van der Waals surface area (Å²) >= 11 is 0. The molecule has 6 atom stereocenters. The van der Waals surface area contributed by atoms with Crippen molar-refractivity contribution in [1.82, 2.24) is 10.2 Å². The standard InChI is InChI=1S/C34H34N6O7/c1-40(2)28-27(43)24(31(36)46)29(44)33(16-35)30(45)25-26(42)23-20(12-32(25,37)15-34(28,33)38)19(9-10-21(23)41)22-11-8-18(47-22)14-39-13-17-6-4-3-5-7-17/h3-11,24-25,28,39,41H,12-15,37-38H2,1-2H3,(H2,36,46)/t24?,25?,28-,32-,33+,34-/m1/s1. The van der Waals surface area contributed by atoms with Gasteiger partial charge in [-0.2, -0.15) is 5.26 Å². The Bertz CT molecular complexity index is 1900. The van der Waals surface area contributed by atoms with Gasteiger partial charge in [0.1, 0.15) is 23.2 Å². The first kappa shape index (κ1) is 32.0. The van der Waals surface area contributed by atoms with Crippen molar-refractivity contribution < 1.29 is 33.5 Å². The summed E-state index contributed by atoms with van der Waals surface area (Å²) in [6.45, 7) is 1.01. The molecule has 1 aromatic heterocycles. The van der Waals surface area contributed by atoms with Gasteiger partial charge in [0.05, 0.1) is 29.8 Å². The third-order valence-electron chi connectivity index (χ3n) is 9.87. The molecule has 0 bridgehead atoms. The second-order valence-corrected chi connectivity index (χ2v) is 13.0. The molecule has 0 spiro atoms. The number of nitrogens with zero attached hydrogens (tertiary/aromatic N) is 2.